The molecule has 7 heteroatoms. The summed E-state index contributed by atoms with van der Waals surface area (Å²) >= 11 is 0. The van der Waals surface area contributed by atoms with Gasteiger partial charge in [-0.15, -0.1) is 0 Å². The molecular weight excluding hydrogens is 355 g/mol. The maximum Gasteiger partial charge on any atom is 0.244 e. The van der Waals surface area contributed by atoms with Crippen molar-refractivity contribution in [3.05, 3.63) is 65.5 Å². The van der Waals surface area contributed by atoms with Crippen molar-refractivity contribution in [1.82, 2.24) is 5.32 Å². The van der Waals surface area contributed by atoms with Crippen molar-refractivity contribution in [3.8, 4) is 0 Å². The number of hydrogen-bond acceptors (Lipinski definition) is 3. The van der Waals surface area contributed by atoms with Gasteiger partial charge in [-0.3, -0.25) is 9.10 Å². The van der Waals surface area contributed by atoms with Crippen LogP contribution in [0.5, 0.6) is 0 Å². The van der Waals surface area contributed by atoms with E-state index in [2.05, 4.69) is 5.32 Å². The van der Waals surface area contributed by atoms with Crippen LogP contribution in [0.3, 0.4) is 0 Å². The number of amides is 1. The molecule has 0 aliphatic rings. The quantitative estimate of drug-likeness (QED) is 0.805. The lowest BCUT2D eigenvalue weighted by Crippen LogP contribution is -2.49. The standard InChI is InChI=1S/C19H23FN2O3S/c1-4-18(19(23)21-13-15-7-5-6-14(2)12-15)22(26(3,24)25)17-10-8-16(20)9-11-17/h5-12,18H,4,13H2,1-3H3,(H,21,23). The number of aryl methyl sites for hydroxylation is 1. The molecule has 0 aromatic heterocycles. The van der Waals surface area contributed by atoms with Crippen LogP contribution in [-0.4, -0.2) is 26.6 Å². The van der Waals surface area contributed by atoms with Crippen LogP contribution in [-0.2, 0) is 21.4 Å². The van der Waals surface area contributed by atoms with Gasteiger partial charge in [0, 0.05) is 6.54 Å². The molecule has 26 heavy (non-hydrogen) atoms. The van der Waals surface area contributed by atoms with Crippen molar-refractivity contribution in [1.29, 1.82) is 0 Å². The minimum absolute atomic E-state index is 0.256. The Hall–Kier alpha value is -2.41. The Morgan fingerprint density at radius 1 is 1.19 bits per heavy atom. The first-order valence-electron chi connectivity index (χ1n) is 8.30. The predicted octanol–water partition coefficient (Wildman–Crippen LogP) is 3.00. The second-order valence-electron chi connectivity index (χ2n) is 6.17. The number of nitrogens with zero attached hydrogens (tertiary/aromatic N) is 1. The molecule has 0 aliphatic heterocycles. The number of hydrogen-bond donors (Lipinski definition) is 1. The lowest BCUT2D eigenvalue weighted by molar-refractivity contribution is -0.122. The highest BCUT2D eigenvalue weighted by molar-refractivity contribution is 7.92. The van der Waals surface area contributed by atoms with Crippen LogP contribution in [0.4, 0.5) is 10.1 Å². The third-order valence-corrected chi connectivity index (χ3v) is 5.14. The van der Waals surface area contributed by atoms with Gasteiger partial charge in [0.1, 0.15) is 11.9 Å². The van der Waals surface area contributed by atoms with E-state index >= 15 is 0 Å². The van der Waals surface area contributed by atoms with Gasteiger partial charge in [0.25, 0.3) is 0 Å². The number of sulfonamides is 1. The molecule has 2 aromatic carbocycles. The number of anilines is 1. The number of benzene rings is 2. The molecule has 0 saturated carbocycles. The molecule has 5 nitrogen and oxygen atoms in total. The molecule has 0 spiro atoms. The summed E-state index contributed by atoms with van der Waals surface area (Å²) in [5, 5.41) is 2.79. The van der Waals surface area contributed by atoms with Crippen molar-refractivity contribution in [2.24, 2.45) is 0 Å². The minimum Gasteiger partial charge on any atom is -0.350 e. The van der Waals surface area contributed by atoms with E-state index in [-0.39, 0.29) is 12.1 Å². The van der Waals surface area contributed by atoms with E-state index in [9.17, 15) is 17.6 Å². The topological polar surface area (TPSA) is 66.5 Å². The SMILES string of the molecule is CCC(C(=O)NCc1cccc(C)c1)N(c1ccc(F)cc1)S(C)(=O)=O. The molecule has 0 heterocycles. The van der Waals surface area contributed by atoms with E-state index in [1.54, 1.807) is 6.92 Å². The average molecular weight is 378 g/mol. The van der Waals surface area contributed by atoms with Crippen LogP contribution < -0.4 is 9.62 Å². The summed E-state index contributed by atoms with van der Waals surface area (Å²) < 4.78 is 38.8. The van der Waals surface area contributed by atoms with Gasteiger partial charge < -0.3 is 5.32 Å². The summed E-state index contributed by atoms with van der Waals surface area (Å²) in [5.74, 6) is -0.872. The maximum absolute atomic E-state index is 13.2. The Morgan fingerprint density at radius 3 is 2.38 bits per heavy atom. The van der Waals surface area contributed by atoms with Crippen molar-refractivity contribution < 1.29 is 17.6 Å². The lowest BCUT2D eigenvalue weighted by Gasteiger charge is -2.30. The van der Waals surface area contributed by atoms with Gasteiger partial charge >= 0.3 is 0 Å². The number of carbonyl (C=O) groups excluding carboxylic acids is 1. The van der Waals surface area contributed by atoms with E-state index in [4.69, 9.17) is 0 Å². The largest absolute Gasteiger partial charge is 0.350 e. The van der Waals surface area contributed by atoms with Crippen molar-refractivity contribution in [2.75, 3.05) is 10.6 Å². The Bertz CT molecular complexity index is 867. The predicted molar refractivity (Wildman–Crippen MR) is 101 cm³/mol. The monoisotopic (exact) mass is 378 g/mol. The van der Waals surface area contributed by atoms with Crippen LogP contribution in [0, 0.1) is 12.7 Å². The molecule has 0 fully saturated rings. The highest BCUT2D eigenvalue weighted by Crippen LogP contribution is 2.23. The molecule has 2 rings (SSSR count). The van der Waals surface area contributed by atoms with Crippen molar-refractivity contribution >= 4 is 21.6 Å². The third-order valence-electron chi connectivity index (χ3n) is 3.96. The Balaban J connectivity index is 2.23. The van der Waals surface area contributed by atoms with Gasteiger partial charge in [0.15, 0.2) is 0 Å². The molecule has 0 saturated heterocycles. The molecule has 1 amide bonds. The third kappa shape index (κ3) is 5.05. The van der Waals surface area contributed by atoms with E-state index in [1.165, 1.54) is 24.3 Å². The lowest BCUT2D eigenvalue weighted by atomic mass is 10.1. The number of carbonyl (C=O) groups is 1. The van der Waals surface area contributed by atoms with Crippen LogP contribution in [0.15, 0.2) is 48.5 Å². The second kappa shape index (κ2) is 8.31. The molecule has 0 radical (unpaired) electrons. The smallest absolute Gasteiger partial charge is 0.244 e. The van der Waals surface area contributed by atoms with Crippen molar-refractivity contribution in [2.45, 2.75) is 32.9 Å². The molecule has 1 N–H and O–H groups in total. The molecule has 2 aromatic rings. The second-order valence-corrected chi connectivity index (χ2v) is 8.03. The number of halogens is 1. The highest BCUT2D eigenvalue weighted by Gasteiger charge is 2.31. The molecule has 0 bridgehead atoms. The first-order valence-corrected chi connectivity index (χ1v) is 10.2. The fourth-order valence-electron chi connectivity index (χ4n) is 2.78. The molecule has 1 unspecified atom stereocenters. The Labute approximate surface area is 153 Å². The van der Waals surface area contributed by atoms with Gasteiger partial charge in [-0.2, -0.15) is 0 Å². The van der Waals surface area contributed by atoms with Crippen LogP contribution in [0.1, 0.15) is 24.5 Å². The van der Waals surface area contributed by atoms with Crippen molar-refractivity contribution in [3.63, 3.8) is 0 Å². The molecular formula is C19H23FN2O3S. The minimum atomic E-state index is -3.73. The Morgan fingerprint density at radius 2 is 1.85 bits per heavy atom. The molecule has 1 atom stereocenters. The van der Waals surface area contributed by atoms with Crippen LogP contribution in [0.2, 0.25) is 0 Å². The van der Waals surface area contributed by atoms with Gasteiger partial charge in [-0.05, 0) is 43.2 Å². The van der Waals surface area contributed by atoms with Crippen LogP contribution in [0.25, 0.3) is 0 Å². The summed E-state index contributed by atoms with van der Waals surface area (Å²) in [4.78, 5) is 12.7. The zero-order valence-corrected chi connectivity index (χ0v) is 15.9. The zero-order valence-electron chi connectivity index (χ0n) is 15.1. The highest BCUT2D eigenvalue weighted by atomic mass is 32.2. The first kappa shape index (κ1) is 19.9. The van der Waals surface area contributed by atoms with Gasteiger partial charge in [0.2, 0.25) is 15.9 Å². The summed E-state index contributed by atoms with van der Waals surface area (Å²) in [6.45, 7) is 4.00. The number of rotatable bonds is 7. The normalized spacial score (nSPS) is 12.5. The Kier molecular flexibility index (Phi) is 6.37. The fraction of sp³-hybridized carbons (Fsp3) is 0.316. The van der Waals surface area contributed by atoms with E-state index in [0.29, 0.717) is 6.54 Å². The van der Waals surface area contributed by atoms with E-state index < -0.39 is 27.8 Å². The molecule has 0 aliphatic carbocycles. The summed E-state index contributed by atoms with van der Waals surface area (Å²) in [6, 6.07) is 11.8. The van der Waals surface area contributed by atoms with Crippen LogP contribution >= 0.6 is 0 Å². The maximum atomic E-state index is 13.2. The number of nitrogens with one attached hydrogen (secondary N) is 1. The van der Waals surface area contributed by atoms with Gasteiger partial charge in [0.05, 0.1) is 11.9 Å². The fourth-order valence-corrected chi connectivity index (χ4v) is 3.99. The van der Waals surface area contributed by atoms with E-state index in [1.807, 2.05) is 31.2 Å². The summed E-state index contributed by atoms with van der Waals surface area (Å²) in [5.41, 5.74) is 2.26. The van der Waals surface area contributed by atoms with Gasteiger partial charge in [-0.1, -0.05) is 36.8 Å². The average Bonchev–Trinajstić information content (AvgIpc) is 2.57. The van der Waals surface area contributed by atoms with Gasteiger partial charge in [-0.25, -0.2) is 12.8 Å². The summed E-state index contributed by atoms with van der Waals surface area (Å²) in [6.07, 6.45) is 1.32. The molecule has 140 valence electrons. The first-order chi connectivity index (χ1) is 12.2. The zero-order chi connectivity index (χ0) is 19.3. The van der Waals surface area contributed by atoms with E-state index in [0.717, 1.165) is 21.7 Å². The summed E-state index contributed by atoms with van der Waals surface area (Å²) in [7, 11) is -3.73.